The van der Waals surface area contributed by atoms with Gasteiger partial charge < -0.3 is 9.47 Å². The first-order valence-electron chi connectivity index (χ1n) is 8.19. The summed E-state index contributed by atoms with van der Waals surface area (Å²) in [5, 5.41) is 0. The Bertz CT molecular complexity index is 679. The molecule has 1 aliphatic carbocycles. The third kappa shape index (κ3) is 11.9. The van der Waals surface area contributed by atoms with E-state index in [1.165, 1.54) is 11.1 Å². The van der Waals surface area contributed by atoms with Crippen LogP contribution in [0.4, 0.5) is 0 Å². The summed E-state index contributed by atoms with van der Waals surface area (Å²) in [6.07, 6.45) is 8.04. The minimum atomic E-state index is -0.0473. The quantitative estimate of drug-likeness (QED) is 0.390. The van der Waals surface area contributed by atoms with Crippen molar-refractivity contribution in [2.45, 2.75) is 25.4 Å². The minimum absolute atomic E-state index is 0. The summed E-state index contributed by atoms with van der Waals surface area (Å²) in [6.45, 7) is 14.7. The van der Waals surface area contributed by atoms with E-state index in [0.717, 1.165) is 0 Å². The summed E-state index contributed by atoms with van der Waals surface area (Å²) >= 11 is 0. The SMILES string of the molecule is C1=C[C@@H](OCc2ccccc2)[C@H](OCc2ccccc2)C=C1.[C-]#[O+].[C-]#[O+].[C-]#[O+].[Fe]. The number of benzene rings is 2. The summed E-state index contributed by atoms with van der Waals surface area (Å²) in [5.41, 5.74) is 2.35. The molecule has 0 fully saturated rings. The van der Waals surface area contributed by atoms with Crippen LogP contribution < -0.4 is 0 Å². The molecule has 5 nitrogen and oxygen atoms in total. The maximum absolute atomic E-state index is 7.50. The van der Waals surface area contributed by atoms with E-state index in [1.54, 1.807) is 0 Å². The Kier molecular flexibility index (Phi) is 20.2. The molecule has 2 aromatic rings. The van der Waals surface area contributed by atoms with Crippen molar-refractivity contribution in [3.05, 3.63) is 116 Å². The minimum Gasteiger partial charge on any atom is 0 e. The van der Waals surface area contributed by atoms with Gasteiger partial charge in [0.25, 0.3) is 0 Å². The Morgan fingerprint density at radius 3 is 1.21 bits per heavy atom. The Hall–Kier alpha value is -2.42. The van der Waals surface area contributed by atoms with Crippen LogP contribution in [-0.2, 0) is 53.7 Å². The zero-order valence-electron chi connectivity index (χ0n) is 15.5. The van der Waals surface area contributed by atoms with E-state index >= 15 is 0 Å². The molecule has 0 radical (unpaired) electrons. The van der Waals surface area contributed by atoms with Crippen LogP contribution in [0.15, 0.2) is 85.0 Å². The molecule has 0 saturated heterocycles. The van der Waals surface area contributed by atoms with Crippen molar-refractivity contribution in [1.82, 2.24) is 0 Å². The molecule has 0 saturated carbocycles. The Labute approximate surface area is 182 Å². The van der Waals surface area contributed by atoms with E-state index in [1.807, 2.05) is 48.6 Å². The molecule has 3 rings (SSSR count). The second-order valence-electron chi connectivity index (χ2n) is 5.29. The van der Waals surface area contributed by atoms with Crippen molar-refractivity contribution < 1.29 is 40.5 Å². The van der Waals surface area contributed by atoms with Gasteiger partial charge in [-0.25, -0.2) is 0 Å². The largest absolute Gasteiger partial charge is 0 e. The van der Waals surface area contributed by atoms with E-state index in [0.29, 0.717) is 13.2 Å². The van der Waals surface area contributed by atoms with E-state index in [2.05, 4.69) is 56.4 Å². The standard InChI is InChI=1S/C20H20O2.3CO.Fe/c1-3-9-17(10-4-1)15-21-19-13-7-8-14-20(19)22-16-18-11-5-2-6-12-18;3*1-2;/h1-14,19-20H,15-16H2;;;;/t19-,20-;;;;/m1..../s1. The second-order valence-corrected chi connectivity index (χ2v) is 5.29. The zero-order valence-corrected chi connectivity index (χ0v) is 16.7. The summed E-state index contributed by atoms with van der Waals surface area (Å²) in [4.78, 5) is 0. The molecule has 0 spiro atoms. The van der Waals surface area contributed by atoms with Gasteiger partial charge in [0.05, 0.1) is 13.2 Å². The molecule has 6 heteroatoms. The smallest absolute Gasteiger partial charge is 0 e. The molecule has 0 amide bonds. The van der Waals surface area contributed by atoms with Gasteiger partial charge >= 0.3 is 33.9 Å². The van der Waals surface area contributed by atoms with Crippen LogP contribution in [0.2, 0.25) is 0 Å². The molecule has 0 N–H and O–H groups in total. The van der Waals surface area contributed by atoms with Crippen LogP contribution in [0, 0.1) is 20.0 Å². The average Bonchev–Trinajstić information content (AvgIpc) is 2.82. The molecule has 2 atom stereocenters. The Balaban J connectivity index is 0. The third-order valence-corrected chi connectivity index (χ3v) is 3.61. The van der Waals surface area contributed by atoms with Crippen LogP contribution in [-0.4, -0.2) is 12.2 Å². The molecule has 0 unspecified atom stereocenters. The monoisotopic (exact) mass is 432 g/mol. The van der Waals surface area contributed by atoms with Gasteiger partial charge in [-0.2, -0.15) is 0 Å². The number of rotatable bonds is 6. The summed E-state index contributed by atoms with van der Waals surface area (Å²) in [6, 6.07) is 20.4. The van der Waals surface area contributed by atoms with Gasteiger partial charge in [-0.15, -0.1) is 0 Å². The van der Waals surface area contributed by atoms with Crippen molar-refractivity contribution in [3.63, 3.8) is 0 Å². The number of hydrogen-bond acceptors (Lipinski definition) is 2. The fourth-order valence-corrected chi connectivity index (χ4v) is 2.40. The molecular formula is C23H20FeO5. The van der Waals surface area contributed by atoms with Gasteiger partial charge in [0.15, 0.2) is 0 Å². The molecule has 1 aliphatic rings. The maximum atomic E-state index is 7.50. The molecule has 150 valence electrons. The van der Waals surface area contributed by atoms with E-state index in [4.69, 9.17) is 23.4 Å². The second kappa shape index (κ2) is 20.3. The first kappa shape index (κ1) is 28.8. The average molecular weight is 432 g/mol. The predicted molar refractivity (Wildman–Crippen MR) is 100 cm³/mol. The van der Waals surface area contributed by atoms with Crippen LogP contribution in [0.5, 0.6) is 0 Å². The first-order chi connectivity index (χ1) is 13.9. The summed E-state index contributed by atoms with van der Waals surface area (Å²) in [5.74, 6) is 0. The van der Waals surface area contributed by atoms with E-state index < -0.39 is 0 Å². The topological polar surface area (TPSA) is 78.2 Å². The molecule has 0 bridgehead atoms. The van der Waals surface area contributed by atoms with Gasteiger partial charge in [0, 0.05) is 17.1 Å². The zero-order chi connectivity index (χ0) is 21.0. The van der Waals surface area contributed by atoms with Crippen LogP contribution in [0.3, 0.4) is 0 Å². The first-order valence-corrected chi connectivity index (χ1v) is 8.19. The normalized spacial score (nSPS) is 15.5. The predicted octanol–water partition coefficient (Wildman–Crippen LogP) is 4.17. The maximum Gasteiger partial charge on any atom is 0 e. The molecule has 2 aromatic carbocycles. The van der Waals surface area contributed by atoms with Crippen molar-refractivity contribution in [1.29, 1.82) is 0 Å². The fraction of sp³-hybridized carbons (Fsp3) is 0.174. The van der Waals surface area contributed by atoms with Gasteiger partial charge in [-0.1, -0.05) is 85.0 Å². The molecular weight excluding hydrogens is 412 g/mol. The number of ether oxygens (including phenoxy) is 2. The Morgan fingerprint density at radius 2 is 0.897 bits per heavy atom. The van der Waals surface area contributed by atoms with Gasteiger partial charge in [0.1, 0.15) is 12.2 Å². The summed E-state index contributed by atoms with van der Waals surface area (Å²) < 4.78 is 34.5. The van der Waals surface area contributed by atoms with Crippen molar-refractivity contribution in [2.24, 2.45) is 0 Å². The van der Waals surface area contributed by atoms with E-state index in [9.17, 15) is 0 Å². The summed E-state index contributed by atoms with van der Waals surface area (Å²) in [7, 11) is 0. The molecule has 0 aliphatic heterocycles. The molecule has 0 aromatic heterocycles. The third-order valence-electron chi connectivity index (χ3n) is 3.61. The molecule has 0 heterocycles. The number of hydrogen-bond donors (Lipinski definition) is 0. The molecule has 29 heavy (non-hydrogen) atoms. The fourth-order valence-electron chi connectivity index (χ4n) is 2.40. The van der Waals surface area contributed by atoms with Crippen LogP contribution in [0.1, 0.15) is 11.1 Å². The Morgan fingerprint density at radius 1 is 0.586 bits per heavy atom. The van der Waals surface area contributed by atoms with Crippen molar-refractivity contribution in [3.8, 4) is 0 Å². The van der Waals surface area contributed by atoms with Gasteiger partial charge in [0.2, 0.25) is 0 Å². The van der Waals surface area contributed by atoms with Crippen molar-refractivity contribution in [2.75, 3.05) is 0 Å². The van der Waals surface area contributed by atoms with Crippen molar-refractivity contribution >= 4 is 0 Å². The van der Waals surface area contributed by atoms with E-state index in [-0.39, 0.29) is 29.3 Å². The van der Waals surface area contributed by atoms with Gasteiger partial charge in [-0.05, 0) is 11.1 Å². The van der Waals surface area contributed by atoms with Crippen LogP contribution in [0.25, 0.3) is 0 Å². The van der Waals surface area contributed by atoms with Crippen LogP contribution >= 0.6 is 0 Å². The number of allylic oxidation sites excluding steroid dienone is 2. The van der Waals surface area contributed by atoms with Gasteiger partial charge in [-0.3, -0.25) is 0 Å².